The first-order valence-corrected chi connectivity index (χ1v) is 13.5. The van der Waals surface area contributed by atoms with E-state index in [4.69, 9.17) is 4.74 Å². The van der Waals surface area contributed by atoms with Gasteiger partial charge in [-0.1, -0.05) is 59.7 Å². The lowest BCUT2D eigenvalue weighted by molar-refractivity contribution is -0.0597. The van der Waals surface area contributed by atoms with Crippen LogP contribution in [0.15, 0.2) is 71.8 Å². The number of aliphatic hydroxyl groups excluding tert-OH is 1. The molecule has 3 aromatic rings. The second-order valence-corrected chi connectivity index (χ2v) is 11.2. The predicted molar refractivity (Wildman–Crippen MR) is 153 cm³/mol. The number of anilines is 1. The van der Waals surface area contributed by atoms with Crippen LogP contribution < -0.4 is 9.64 Å². The molecule has 2 heterocycles. The van der Waals surface area contributed by atoms with Gasteiger partial charge in [-0.2, -0.15) is 0 Å². The van der Waals surface area contributed by atoms with Crippen molar-refractivity contribution in [3.63, 3.8) is 0 Å². The standard InChI is InChI=1S/C33H37NO4/c1-21(2)10-7-11-22(3)12-9-17-33(4)30(36)19-26-29(35)18-25-27(31(26)38-33)20-34(32(25)37)28-16-8-14-23-13-5-6-15-24(23)28/h5-6,8,10,12-16,18,30,35-36H,7,9,11,17,19-20H2,1-4H3/b22-12-/t30-,33-/m0/s1. The highest BCUT2D eigenvalue weighted by Crippen LogP contribution is 2.47. The van der Waals surface area contributed by atoms with Crippen molar-refractivity contribution in [3.8, 4) is 11.5 Å². The van der Waals surface area contributed by atoms with Crippen molar-refractivity contribution in [2.75, 3.05) is 4.90 Å². The van der Waals surface area contributed by atoms with Crippen LogP contribution >= 0.6 is 0 Å². The molecule has 0 radical (unpaired) electrons. The lowest BCUT2D eigenvalue weighted by atomic mass is 9.84. The first-order valence-electron chi connectivity index (χ1n) is 13.5. The maximum absolute atomic E-state index is 13.6. The molecule has 0 saturated heterocycles. The fourth-order valence-electron chi connectivity index (χ4n) is 5.64. The Morgan fingerprint density at radius 1 is 1.08 bits per heavy atom. The number of benzene rings is 3. The highest BCUT2D eigenvalue weighted by Gasteiger charge is 2.44. The first-order chi connectivity index (χ1) is 18.2. The number of hydrogen-bond donors (Lipinski definition) is 2. The largest absolute Gasteiger partial charge is 0.508 e. The molecule has 5 heteroatoms. The molecule has 0 aromatic heterocycles. The van der Waals surface area contributed by atoms with Crippen LogP contribution in [0.5, 0.6) is 11.5 Å². The molecule has 0 saturated carbocycles. The summed E-state index contributed by atoms with van der Waals surface area (Å²) in [5, 5.41) is 24.0. The summed E-state index contributed by atoms with van der Waals surface area (Å²) in [4.78, 5) is 15.3. The molecule has 3 aromatic carbocycles. The summed E-state index contributed by atoms with van der Waals surface area (Å²) in [6, 6.07) is 15.5. The molecule has 0 spiro atoms. The van der Waals surface area contributed by atoms with Crippen molar-refractivity contribution < 1.29 is 19.7 Å². The lowest BCUT2D eigenvalue weighted by Crippen LogP contribution is -2.49. The zero-order valence-electron chi connectivity index (χ0n) is 22.8. The summed E-state index contributed by atoms with van der Waals surface area (Å²) >= 11 is 0. The molecule has 0 unspecified atom stereocenters. The summed E-state index contributed by atoms with van der Waals surface area (Å²) in [5.74, 6) is 0.400. The smallest absolute Gasteiger partial charge is 0.259 e. The third kappa shape index (κ3) is 4.83. The molecule has 2 N–H and O–H groups in total. The zero-order chi connectivity index (χ0) is 27.0. The van der Waals surface area contributed by atoms with Crippen LogP contribution in [0.4, 0.5) is 5.69 Å². The lowest BCUT2D eigenvalue weighted by Gasteiger charge is -2.40. The van der Waals surface area contributed by atoms with Crippen LogP contribution in [0.2, 0.25) is 0 Å². The van der Waals surface area contributed by atoms with E-state index in [2.05, 4.69) is 32.9 Å². The number of carbonyl (C=O) groups excluding carboxylic acids is 1. The zero-order valence-corrected chi connectivity index (χ0v) is 22.8. The maximum Gasteiger partial charge on any atom is 0.259 e. The number of nitrogens with zero attached hydrogens (tertiary/aromatic N) is 1. The van der Waals surface area contributed by atoms with Crippen molar-refractivity contribution in [2.45, 2.75) is 78.0 Å². The Bertz CT molecular complexity index is 1440. The number of hydrogen-bond acceptors (Lipinski definition) is 4. The van der Waals surface area contributed by atoms with Gasteiger partial charge in [0, 0.05) is 22.9 Å². The van der Waals surface area contributed by atoms with Crippen LogP contribution in [0.1, 0.15) is 74.9 Å². The van der Waals surface area contributed by atoms with E-state index in [9.17, 15) is 15.0 Å². The van der Waals surface area contributed by atoms with Gasteiger partial charge in [0.15, 0.2) is 0 Å². The maximum atomic E-state index is 13.6. The second-order valence-electron chi connectivity index (χ2n) is 11.2. The van der Waals surface area contributed by atoms with Crippen LogP contribution in [-0.2, 0) is 13.0 Å². The summed E-state index contributed by atoms with van der Waals surface area (Å²) in [6.45, 7) is 8.67. The number of phenolic OH excluding ortho intramolecular Hbond substituents is 1. The van der Waals surface area contributed by atoms with Gasteiger partial charge in [0.1, 0.15) is 17.1 Å². The van der Waals surface area contributed by atoms with E-state index in [1.165, 1.54) is 11.1 Å². The minimum atomic E-state index is -0.818. The molecule has 2 aliphatic heterocycles. The number of ether oxygens (including phenoxy) is 1. The van der Waals surface area contributed by atoms with Gasteiger partial charge in [-0.25, -0.2) is 0 Å². The number of phenols is 1. The van der Waals surface area contributed by atoms with Crippen molar-refractivity contribution in [1.82, 2.24) is 0 Å². The average molecular weight is 512 g/mol. The molecule has 0 aliphatic carbocycles. The highest BCUT2D eigenvalue weighted by atomic mass is 16.5. The summed E-state index contributed by atoms with van der Waals surface area (Å²) in [7, 11) is 0. The number of rotatable bonds is 7. The van der Waals surface area contributed by atoms with Crippen molar-refractivity contribution in [1.29, 1.82) is 0 Å². The number of fused-ring (bicyclic) bond motifs is 4. The third-order valence-electron chi connectivity index (χ3n) is 7.98. The number of carbonyl (C=O) groups is 1. The fraction of sp³-hybridized carbons (Fsp3) is 0.364. The van der Waals surface area contributed by atoms with Gasteiger partial charge in [0.25, 0.3) is 5.91 Å². The van der Waals surface area contributed by atoms with Gasteiger partial charge >= 0.3 is 0 Å². The molecular formula is C33H37NO4. The SMILES string of the molecule is CC(C)=CCC/C(C)=C\CC[C@]1(C)Oc2c(c(O)cc3c2CN(c2cccc4ccccc24)C3=O)C[C@@H]1O. The fourth-order valence-corrected chi connectivity index (χ4v) is 5.64. The molecular weight excluding hydrogens is 474 g/mol. The molecule has 38 heavy (non-hydrogen) atoms. The molecule has 0 bridgehead atoms. The quantitative estimate of drug-likeness (QED) is 0.328. The topological polar surface area (TPSA) is 70.0 Å². The van der Waals surface area contributed by atoms with Crippen molar-refractivity contribution >= 4 is 22.4 Å². The monoisotopic (exact) mass is 511 g/mol. The van der Waals surface area contributed by atoms with Gasteiger partial charge in [0.05, 0.1) is 23.9 Å². The van der Waals surface area contributed by atoms with Crippen LogP contribution in [-0.4, -0.2) is 27.8 Å². The average Bonchev–Trinajstić information content (AvgIpc) is 3.20. The van der Waals surface area contributed by atoms with Gasteiger partial charge < -0.3 is 19.8 Å². The Kier molecular flexibility index (Phi) is 7.06. The second kappa shape index (κ2) is 10.3. The van der Waals surface area contributed by atoms with Gasteiger partial charge in [-0.05, 0) is 70.9 Å². The summed E-state index contributed by atoms with van der Waals surface area (Å²) in [6.07, 6.45) is 7.47. The molecule has 0 fully saturated rings. The predicted octanol–water partition coefficient (Wildman–Crippen LogP) is 7.23. The third-order valence-corrected chi connectivity index (χ3v) is 7.98. The Morgan fingerprint density at radius 2 is 1.84 bits per heavy atom. The van der Waals surface area contributed by atoms with Gasteiger partial charge in [-0.15, -0.1) is 0 Å². The van der Waals surface area contributed by atoms with E-state index in [1.807, 2.05) is 49.4 Å². The number of aliphatic hydroxyl groups is 1. The summed E-state index contributed by atoms with van der Waals surface area (Å²) in [5.41, 5.74) is 4.49. The number of allylic oxidation sites excluding steroid dienone is 4. The minimum absolute atomic E-state index is 0.00276. The Labute approximate surface area is 225 Å². The molecule has 5 nitrogen and oxygen atoms in total. The van der Waals surface area contributed by atoms with E-state index >= 15 is 0 Å². The molecule has 2 atom stereocenters. The highest BCUT2D eigenvalue weighted by molar-refractivity contribution is 6.14. The normalized spacial score (nSPS) is 20.8. The van der Waals surface area contributed by atoms with E-state index in [1.54, 1.807) is 11.0 Å². The van der Waals surface area contributed by atoms with E-state index < -0.39 is 11.7 Å². The van der Waals surface area contributed by atoms with E-state index in [0.29, 0.717) is 29.8 Å². The minimum Gasteiger partial charge on any atom is -0.508 e. The Morgan fingerprint density at radius 3 is 2.63 bits per heavy atom. The number of aromatic hydroxyl groups is 1. The van der Waals surface area contributed by atoms with Crippen LogP contribution in [0.3, 0.4) is 0 Å². The van der Waals surface area contributed by atoms with Gasteiger partial charge in [-0.3, -0.25) is 4.79 Å². The number of amides is 1. The van der Waals surface area contributed by atoms with Gasteiger partial charge in [0.2, 0.25) is 0 Å². The van der Waals surface area contributed by atoms with Crippen LogP contribution in [0.25, 0.3) is 10.8 Å². The molecule has 198 valence electrons. The van der Waals surface area contributed by atoms with Crippen LogP contribution in [0, 0.1) is 0 Å². The van der Waals surface area contributed by atoms with E-state index in [0.717, 1.165) is 41.3 Å². The Hall–Kier alpha value is -3.57. The molecule has 2 aliphatic rings. The summed E-state index contributed by atoms with van der Waals surface area (Å²) < 4.78 is 6.54. The molecule has 1 amide bonds. The van der Waals surface area contributed by atoms with E-state index in [-0.39, 0.29) is 18.1 Å². The molecule has 5 rings (SSSR count). The van der Waals surface area contributed by atoms with Crippen molar-refractivity contribution in [2.24, 2.45) is 0 Å². The Balaban J connectivity index is 1.41. The van der Waals surface area contributed by atoms with Crippen molar-refractivity contribution in [3.05, 3.63) is 88.5 Å². The first kappa shape index (κ1) is 26.1.